The summed E-state index contributed by atoms with van der Waals surface area (Å²) in [5.41, 5.74) is 12.8. The van der Waals surface area contributed by atoms with Gasteiger partial charge < -0.3 is 23.9 Å². The molecule has 0 amide bonds. The number of nitrogens with zero attached hydrogens (tertiary/aromatic N) is 5. The molecule has 2 aromatic rings. The summed E-state index contributed by atoms with van der Waals surface area (Å²) in [4.78, 5) is 31.5. The Kier molecular flexibility index (Phi) is 15.7. The van der Waals surface area contributed by atoms with Gasteiger partial charge in [-0.15, -0.1) is 0 Å². The molecule has 11 nitrogen and oxygen atoms in total. The summed E-state index contributed by atoms with van der Waals surface area (Å²) < 4.78 is 17.9. The van der Waals surface area contributed by atoms with E-state index in [-0.39, 0.29) is 17.9 Å². The first kappa shape index (κ1) is 33.3. The molecule has 0 radical (unpaired) electrons. The summed E-state index contributed by atoms with van der Waals surface area (Å²) in [5.74, 6) is -0.972. The van der Waals surface area contributed by atoms with E-state index < -0.39 is 5.97 Å². The minimum atomic E-state index is -0.833. The lowest BCUT2D eigenvalue weighted by molar-refractivity contribution is -0.137. The van der Waals surface area contributed by atoms with Crippen LogP contribution >= 0.6 is 0 Å². The van der Waals surface area contributed by atoms with Crippen LogP contribution < -0.4 is 5.56 Å². The fourth-order valence-electron chi connectivity index (χ4n) is 5.24. The van der Waals surface area contributed by atoms with Gasteiger partial charge in [-0.3, -0.25) is 14.6 Å². The minimum Gasteiger partial charge on any atom is -0.481 e. The fraction of sp³-hybridized carbons (Fsp3) is 0.645. The molecule has 42 heavy (non-hydrogen) atoms. The molecule has 1 aliphatic carbocycles. The third kappa shape index (κ3) is 12.7. The molecule has 1 aliphatic rings. The van der Waals surface area contributed by atoms with Crippen LogP contribution in [0, 0.1) is 0 Å². The Hall–Kier alpha value is -3.24. The van der Waals surface area contributed by atoms with Crippen LogP contribution in [-0.4, -0.2) is 66.8 Å². The molecule has 0 aliphatic heterocycles. The van der Waals surface area contributed by atoms with Gasteiger partial charge in [0.25, 0.3) is 5.56 Å². The Morgan fingerprint density at radius 2 is 1.71 bits per heavy atom. The van der Waals surface area contributed by atoms with Crippen molar-refractivity contribution >= 4 is 5.97 Å². The quantitative estimate of drug-likeness (QED) is 0.0863. The van der Waals surface area contributed by atoms with E-state index in [4.69, 9.17) is 24.7 Å². The maximum Gasteiger partial charge on any atom is 0.303 e. The second-order valence-corrected chi connectivity index (χ2v) is 10.6. The number of aromatic nitrogens is 2. The third-order valence-corrected chi connectivity index (χ3v) is 7.49. The first-order chi connectivity index (χ1) is 20.6. The SMILES string of the molecule is [N-]=[N+]=NCCOCCOCCOCCn1cc([C@H](CCCCCCc2ccc3c(n2)CCCC3)CC(=O)O)ccc1=O. The van der Waals surface area contributed by atoms with Crippen LogP contribution in [0.5, 0.6) is 0 Å². The first-order valence-corrected chi connectivity index (χ1v) is 15.2. The van der Waals surface area contributed by atoms with E-state index in [1.54, 1.807) is 16.8 Å². The number of rotatable bonds is 22. The van der Waals surface area contributed by atoms with Crippen molar-refractivity contribution in [2.75, 3.05) is 46.2 Å². The minimum absolute atomic E-state index is 0.0420. The number of hydrogen-bond donors (Lipinski definition) is 1. The highest BCUT2D eigenvalue weighted by Gasteiger charge is 2.17. The molecule has 2 heterocycles. The van der Waals surface area contributed by atoms with Gasteiger partial charge in [-0.1, -0.05) is 36.5 Å². The normalized spacial score (nSPS) is 13.3. The molecule has 11 heteroatoms. The molecule has 0 unspecified atom stereocenters. The highest BCUT2D eigenvalue weighted by Crippen LogP contribution is 2.26. The maximum atomic E-state index is 12.4. The van der Waals surface area contributed by atoms with E-state index in [0.29, 0.717) is 52.7 Å². The predicted molar refractivity (Wildman–Crippen MR) is 160 cm³/mol. The number of carboxylic acid groups (broad SMARTS) is 1. The summed E-state index contributed by atoms with van der Waals surface area (Å²) in [6.45, 7) is 3.00. The lowest BCUT2D eigenvalue weighted by Gasteiger charge is -2.17. The molecule has 0 saturated carbocycles. The molecular formula is C31H45N5O6. The van der Waals surface area contributed by atoms with Crippen LogP contribution in [0.2, 0.25) is 0 Å². The second-order valence-electron chi connectivity index (χ2n) is 10.6. The van der Waals surface area contributed by atoms with Crippen LogP contribution in [0.15, 0.2) is 40.4 Å². The van der Waals surface area contributed by atoms with E-state index in [1.165, 1.54) is 35.9 Å². The van der Waals surface area contributed by atoms with Crippen LogP contribution in [0.4, 0.5) is 0 Å². The number of carbonyl (C=O) groups is 1. The average molecular weight is 584 g/mol. The lowest BCUT2D eigenvalue weighted by Crippen LogP contribution is -2.23. The number of ether oxygens (including phenoxy) is 3. The van der Waals surface area contributed by atoms with Crippen molar-refractivity contribution in [2.45, 2.75) is 83.1 Å². The van der Waals surface area contributed by atoms with Gasteiger partial charge in [0.05, 0.1) is 46.1 Å². The Morgan fingerprint density at radius 1 is 0.976 bits per heavy atom. The molecule has 0 fully saturated rings. The van der Waals surface area contributed by atoms with Crippen molar-refractivity contribution in [1.82, 2.24) is 9.55 Å². The zero-order chi connectivity index (χ0) is 29.8. The van der Waals surface area contributed by atoms with Crippen LogP contribution in [-0.2, 0) is 44.8 Å². The second kappa shape index (κ2) is 19.8. The number of unbranched alkanes of at least 4 members (excludes halogenated alkanes) is 3. The van der Waals surface area contributed by atoms with Crippen LogP contribution in [0.1, 0.15) is 79.8 Å². The fourth-order valence-corrected chi connectivity index (χ4v) is 5.24. The Labute approximate surface area is 247 Å². The van der Waals surface area contributed by atoms with Crippen LogP contribution in [0.3, 0.4) is 0 Å². The highest BCUT2D eigenvalue weighted by atomic mass is 16.5. The smallest absolute Gasteiger partial charge is 0.303 e. The molecule has 0 saturated heterocycles. The van der Waals surface area contributed by atoms with Gasteiger partial charge in [0.15, 0.2) is 0 Å². The summed E-state index contributed by atoms with van der Waals surface area (Å²) in [5, 5.41) is 12.9. The lowest BCUT2D eigenvalue weighted by atomic mass is 9.91. The molecule has 0 aromatic carbocycles. The molecular weight excluding hydrogens is 538 g/mol. The van der Waals surface area contributed by atoms with Crippen LogP contribution in [0.25, 0.3) is 10.4 Å². The summed E-state index contributed by atoms with van der Waals surface area (Å²) in [6, 6.07) is 7.71. The summed E-state index contributed by atoms with van der Waals surface area (Å²) >= 11 is 0. The molecule has 0 spiro atoms. The van der Waals surface area contributed by atoms with Gasteiger partial charge in [0.1, 0.15) is 0 Å². The average Bonchev–Trinajstić information content (AvgIpc) is 2.99. The number of aliphatic carboxylic acids is 1. The molecule has 3 rings (SSSR count). The van der Waals surface area contributed by atoms with E-state index in [0.717, 1.165) is 56.9 Å². The Bertz CT molecular complexity index is 1200. The van der Waals surface area contributed by atoms with Gasteiger partial charge in [-0.05, 0) is 73.6 Å². The van der Waals surface area contributed by atoms with Crippen molar-refractivity contribution in [3.63, 3.8) is 0 Å². The summed E-state index contributed by atoms with van der Waals surface area (Å²) in [6.07, 6.45) is 12.5. The summed E-state index contributed by atoms with van der Waals surface area (Å²) in [7, 11) is 0. The standard InChI is InChI=1S/C31H45N5O6/c32-35-33-15-17-40-19-21-42-22-20-41-18-16-36-24-27(12-14-30(36)37)26(23-31(38)39)8-3-1-2-4-9-28-13-11-25-7-5-6-10-29(25)34-28/h11-14,24,26H,1-10,15-23H2,(H,38,39)/t26-/m1/s1. The zero-order valence-electron chi connectivity index (χ0n) is 24.6. The van der Waals surface area contributed by atoms with Crippen molar-refractivity contribution < 1.29 is 24.1 Å². The van der Waals surface area contributed by atoms with Gasteiger partial charge in [-0.25, -0.2) is 0 Å². The van der Waals surface area contributed by atoms with Crippen molar-refractivity contribution in [2.24, 2.45) is 5.11 Å². The van der Waals surface area contributed by atoms with E-state index in [9.17, 15) is 14.7 Å². The van der Waals surface area contributed by atoms with Gasteiger partial charge >= 0.3 is 5.97 Å². The predicted octanol–water partition coefficient (Wildman–Crippen LogP) is 5.23. The van der Waals surface area contributed by atoms with Crippen molar-refractivity contribution in [3.05, 3.63) is 73.8 Å². The van der Waals surface area contributed by atoms with Gasteiger partial charge in [0, 0.05) is 41.7 Å². The molecule has 2 aromatic heterocycles. The third-order valence-electron chi connectivity index (χ3n) is 7.49. The molecule has 1 N–H and O–H groups in total. The maximum absolute atomic E-state index is 12.4. The van der Waals surface area contributed by atoms with Crippen molar-refractivity contribution in [1.29, 1.82) is 0 Å². The number of fused-ring (bicyclic) bond motifs is 1. The largest absolute Gasteiger partial charge is 0.481 e. The van der Waals surface area contributed by atoms with Gasteiger partial charge in [0.2, 0.25) is 0 Å². The topological polar surface area (TPSA) is 149 Å². The van der Waals surface area contributed by atoms with Crippen molar-refractivity contribution in [3.8, 4) is 0 Å². The van der Waals surface area contributed by atoms with E-state index in [2.05, 4.69) is 22.2 Å². The van der Waals surface area contributed by atoms with Gasteiger partial charge in [-0.2, -0.15) is 0 Å². The number of azide groups is 1. The zero-order valence-corrected chi connectivity index (χ0v) is 24.6. The number of carboxylic acids is 1. The number of aryl methyl sites for hydroxylation is 3. The van der Waals surface area contributed by atoms with E-state index in [1.807, 2.05) is 0 Å². The molecule has 230 valence electrons. The highest BCUT2D eigenvalue weighted by molar-refractivity contribution is 5.68. The monoisotopic (exact) mass is 583 g/mol. The molecule has 1 atom stereocenters. The van der Waals surface area contributed by atoms with E-state index >= 15 is 0 Å². The number of hydrogen-bond acceptors (Lipinski definition) is 7. The first-order valence-electron chi connectivity index (χ1n) is 15.2. The Balaban J connectivity index is 1.34. The molecule has 0 bridgehead atoms. The number of pyridine rings is 2. The Morgan fingerprint density at radius 3 is 2.50 bits per heavy atom.